The van der Waals surface area contributed by atoms with Gasteiger partial charge in [-0.2, -0.15) is 0 Å². The highest BCUT2D eigenvalue weighted by Gasteiger charge is 2.53. The van der Waals surface area contributed by atoms with Crippen LogP contribution in [0.3, 0.4) is 0 Å². The summed E-state index contributed by atoms with van der Waals surface area (Å²) < 4.78 is 0. The summed E-state index contributed by atoms with van der Waals surface area (Å²) in [5.41, 5.74) is 3.27. The lowest BCUT2D eigenvalue weighted by Gasteiger charge is -2.57. The van der Waals surface area contributed by atoms with E-state index < -0.39 is 0 Å². The average molecular weight is 429 g/mol. The van der Waals surface area contributed by atoms with Gasteiger partial charge in [-0.05, 0) is 152 Å². The number of hydrogen-bond acceptors (Lipinski definition) is 2. The molecule has 0 unspecified atom stereocenters. The minimum atomic E-state index is 0.271. The van der Waals surface area contributed by atoms with Crippen molar-refractivity contribution in [2.45, 2.75) is 87.9 Å². The molecule has 0 saturated heterocycles. The highest BCUT2D eigenvalue weighted by atomic mass is 16.3. The van der Waals surface area contributed by atoms with E-state index in [1.165, 1.54) is 88.2 Å². The quantitative estimate of drug-likeness (QED) is 0.531. The van der Waals surface area contributed by atoms with Crippen LogP contribution in [0.15, 0.2) is 24.3 Å². The number of aromatic hydroxyl groups is 2. The molecule has 8 aliphatic carbocycles. The van der Waals surface area contributed by atoms with Gasteiger partial charge in [0.25, 0.3) is 0 Å². The summed E-state index contributed by atoms with van der Waals surface area (Å²) in [4.78, 5) is 0. The molecular formula is C30H36O2. The highest BCUT2D eigenvalue weighted by molar-refractivity contribution is 5.95. The molecule has 0 heterocycles. The number of phenols is 2. The van der Waals surface area contributed by atoms with Gasteiger partial charge in [-0.3, -0.25) is 0 Å². The number of benzene rings is 2. The molecule has 2 heteroatoms. The summed E-state index contributed by atoms with van der Waals surface area (Å²) in [7, 11) is 0. The zero-order chi connectivity index (χ0) is 21.2. The number of hydrogen-bond donors (Lipinski definition) is 2. The van der Waals surface area contributed by atoms with Gasteiger partial charge in [0, 0.05) is 0 Å². The maximum Gasteiger partial charge on any atom is 0.127 e. The second-order valence-corrected chi connectivity index (χ2v) is 13.5. The smallest absolute Gasteiger partial charge is 0.127 e. The first-order valence-corrected chi connectivity index (χ1v) is 13.5. The van der Waals surface area contributed by atoms with E-state index in [1.54, 1.807) is 0 Å². The van der Waals surface area contributed by atoms with Crippen LogP contribution in [0.2, 0.25) is 0 Å². The molecular weight excluding hydrogens is 392 g/mol. The van der Waals surface area contributed by atoms with Crippen LogP contribution in [0, 0.1) is 35.5 Å². The van der Waals surface area contributed by atoms with Crippen LogP contribution in [0.5, 0.6) is 11.5 Å². The first kappa shape index (κ1) is 18.7. The van der Waals surface area contributed by atoms with E-state index in [1.807, 2.05) is 12.1 Å². The lowest BCUT2D eigenvalue weighted by atomic mass is 9.47. The van der Waals surface area contributed by atoms with Crippen molar-refractivity contribution >= 4 is 10.8 Å². The van der Waals surface area contributed by atoms with E-state index in [9.17, 15) is 10.2 Å². The Morgan fingerprint density at radius 2 is 0.812 bits per heavy atom. The van der Waals surface area contributed by atoms with Crippen LogP contribution in [-0.4, -0.2) is 10.2 Å². The third kappa shape index (κ3) is 2.48. The van der Waals surface area contributed by atoms with Gasteiger partial charge in [0.05, 0.1) is 5.39 Å². The van der Waals surface area contributed by atoms with Crippen LogP contribution in [-0.2, 0) is 10.8 Å². The Morgan fingerprint density at radius 3 is 1.12 bits per heavy atom. The minimum Gasteiger partial charge on any atom is -0.507 e. The van der Waals surface area contributed by atoms with E-state index in [-0.39, 0.29) is 10.8 Å². The third-order valence-electron chi connectivity index (χ3n) is 11.3. The molecule has 2 nitrogen and oxygen atoms in total. The van der Waals surface area contributed by atoms with Crippen LogP contribution < -0.4 is 0 Å². The first-order chi connectivity index (χ1) is 15.5. The van der Waals surface area contributed by atoms with E-state index in [0.717, 1.165) is 40.9 Å². The van der Waals surface area contributed by atoms with Gasteiger partial charge < -0.3 is 10.2 Å². The van der Waals surface area contributed by atoms with Gasteiger partial charge in [-0.15, -0.1) is 0 Å². The molecule has 8 fully saturated rings. The van der Waals surface area contributed by atoms with Crippen molar-refractivity contribution in [1.29, 1.82) is 0 Å². The lowest BCUT2D eigenvalue weighted by Crippen LogP contribution is -2.48. The number of rotatable bonds is 2. The van der Waals surface area contributed by atoms with Crippen LogP contribution in [0.25, 0.3) is 10.8 Å². The standard InChI is InChI=1S/C30H36O2/c31-26-9-24(29-11-17-1-18(12-29)3-19(2-17)13-29)7-23-8-25(10-27(32)28(23)26)30-14-20-4-21(15-30)6-22(5-20)16-30/h7-10,17-22,31-32H,1-6,11-16H2. The van der Waals surface area contributed by atoms with Crippen molar-refractivity contribution in [3.05, 3.63) is 35.4 Å². The summed E-state index contributed by atoms with van der Waals surface area (Å²) in [5, 5.41) is 24.0. The molecule has 0 aromatic heterocycles. The average Bonchev–Trinajstić information content (AvgIpc) is 2.71. The lowest BCUT2D eigenvalue weighted by molar-refractivity contribution is -0.00530. The van der Waals surface area contributed by atoms with Gasteiger partial charge in [0.2, 0.25) is 0 Å². The molecule has 8 saturated carbocycles. The van der Waals surface area contributed by atoms with Crippen molar-refractivity contribution in [1.82, 2.24) is 0 Å². The molecule has 0 amide bonds. The Labute approximate surface area is 191 Å². The molecule has 0 radical (unpaired) electrons. The fraction of sp³-hybridized carbons (Fsp3) is 0.667. The number of phenolic OH excluding ortho intramolecular Hbond substituents is 2. The molecule has 0 aliphatic heterocycles. The Kier molecular flexibility index (Phi) is 3.53. The fourth-order valence-corrected chi connectivity index (χ4v) is 11.0. The van der Waals surface area contributed by atoms with Gasteiger partial charge in [0.15, 0.2) is 0 Å². The van der Waals surface area contributed by atoms with Crippen LogP contribution >= 0.6 is 0 Å². The van der Waals surface area contributed by atoms with Gasteiger partial charge >= 0.3 is 0 Å². The van der Waals surface area contributed by atoms with Gasteiger partial charge in [-0.25, -0.2) is 0 Å². The Morgan fingerprint density at radius 1 is 0.500 bits per heavy atom. The summed E-state index contributed by atoms with van der Waals surface area (Å²) >= 11 is 0. The summed E-state index contributed by atoms with van der Waals surface area (Å²) in [6.45, 7) is 0. The third-order valence-corrected chi connectivity index (χ3v) is 11.3. The van der Waals surface area contributed by atoms with E-state index in [2.05, 4.69) is 12.1 Å². The predicted octanol–water partition coefficient (Wildman–Crippen LogP) is 7.19. The fourth-order valence-electron chi connectivity index (χ4n) is 11.0. The molecule has 2 aromatic carbocycles. The van der Waals surface area contributed by atoms with Crippen molar-refractivity contribution < 1.29 is 10.2 Å². The van der Waals surface area contributed by atoms with E-state index >= 15 is 0 Å². The van der Waals surface area contributed by atoms with Gasteiger partial charge in [0.1, 0.15) is 11.5 Å². The van der Waals surface area contributed by atoms with Crippen molar-refractivity contribution in [2.75, 3.05) is 0 Å². The van der Waals surface area contributed by atoms with Gasteiger partial charge in [-0.1, -0.05) is 12.1 Å². The SMILES string of the molecule is Oc1cc(C23CC4CC(CC(C4)C2)C3)cc2cc(C34CC5CC(CC(C5)C3)C4)cc(O)c12. The summed E-state index contributed by atoms with van der Waals surface area (Å²) in [6.07, 6.45) is 16.5. The Hall–Kier alpha value is -1.70. The van der Waals surface area contributed by atoms with Crippen LogP contribution in [0.1, 0.15) is 88.2 Å². The first-order valence-electron chi connectivity index (χ1n) is 13.5. The molecule has 8 bridgehead atoms. The molecule has 8 aliphatic rings. The molecule has 168 valence electrons. The van der Waals surface area contributed by atoms with E-state index in [4.69, 9.17) is 0 Å². The maximum atomic E-state index is 11.1. The van der Waals surface area contributed by atoms with Crippen molar-refractivity contribution in [3.8, 4) is 11.5 Å². The summed E-state index contributed by atoms with van der Waals surface area (Å²) in [6, 6.07) is 8.82. The predicted molar refractivity (Wildman–Crippen MR) is 127 cm³/mol. The molecule has 10 rings (SSSR count). The largest absolute Gasteiger partial charge is 0.507 e. The second-order valence-electron chi connectivity index (χ2n) is 13.5. The van der Waals surface area contributed by atoms with E-state index in [0.29, 0.717) is 16.9 Å². The maximum absolute atomic E-state index is 11.1. The zero-order valence-electron chi connectivity index (χ0n) is 19.2. The zero-order valence-corrected chi connectivity index (χ0v) is 19.2. The van der Waals surface area contributed by atoms with Crippen molar-refractivity contribution in [3.63, 3.8) is 0 Å². The molecule has 2 aromatic rings. The van der Waals surface area contributed by atoms with Crippen LogP contribution in [0.4, 0.5) is 0 Å². The molecule has 2 N–H and O–H groups in total. The highest BCUT2D eigenvalue weighted by Crippen LogP contribution is 2.63. The Balaban J connectivity index is 1.26. The molecule has 0 atom stereocenters. The molecule has 0 spiro atoms. The summed E-state index contributed by atoms with van der Waals surface area (Å²) in [5.74, 6) is 5.95. The molecule has 32 heavy (non-hydrogen) atoms. The second kappa shape index (κ2) is 6.05. The monoisotopic (exact) mass is 428 g/mol. The Bertz CT molecular complexity index is 972. The normalized spacial score (nSPS) is 45.8. The number of fused-ring (bicyclic) bond motifs is 1. The van der Waals surface area contributed by atoms with Crippen molar-refractivity contribution in [2.24, 2.45) is 35.5 Å². The topological polar surface area (TPSA) is 40.5 Å². The minimum absolute atomic E-state index is 0.271.